The number of halogens is 6. The first-order valence-electron chi connectivity index (χ1n) is 7.96. The number of amides is 2. The molecular formula is C18H14F6N2O2. The third kappa shape index (κ3) is 4.81. The largest absolute Gasteiger partial charge is 0.416 e. The lowest BCUT2D eigenvalue weighted by atomic mass is 10.1. The molecule has 0 atom stereocenters. The van der Waals surface area contributed by atoms with Gasteiger partial charge in [-0.3, -0.25) is 9.59 Å². The van der Waals surface area contributed by atoms with Crippen LogP contribution in [0.25, 0.3) is 0 Å². The fourth-order valence-corrected chi connectivity index (χ4v) is 2.33. The number of benzene rings is 2. The highest BCUT2D eigenvalue weighted by Crippen LogP contribution is 2.33. The molecule has 0 saturated carbocycles. The van der Waals surface area contributed by atoms with Gasteiger partial charge in [-0.1, -0.05) is 13.0 Å². The molecule has 0 saturated heterocycles. The predicted molar refractivity (Wildman–Crippen MR) is 87.9 cm³/mol. The molecule has 28 heavy (non-hydrogen) atoms. The number of nitrogens with one attached hydrogen (secondary N) is 2. The van der Waals surface area contributed by atoms with Crippen molar-refractivity contribution in [1.82, 2.24) is 5.32 Å². The average molecular weight is 404 g/mol. The fourth-order valence-electron chi connectivity index (χ4n) is 2.33. The van der Waals surface area contributed by atoms with Gasteiger partial charge in [-0.2, -0.15) is 13.2 Å². The molecule has 0 aliphatic carbocycles. The number of alkyl halides is 3. The van der Waals surface area contributed by atoms with E-state index in [9.17, 15) is 35.9 Å². The van der Waals surface area contributed by atoms with E-state index in [0.717, 1.165) is 12.1 Å². The molecule has 2 amide bonds. The average Bonchev–Trinajstić information content (AvgIpc) is 2.61. The Morgan fingerprint density at radius 2 is 1.68 bits per heavy atom. The Bertz CT molecular complexity index is 912. The summed E-state index contributed by atoms with van der Waals surface area (Å²) in [5, 5.41) is 4.09. The summed E-state index contributed by atoms with van der Waals surface area (Å²) in [6.07, 6.45) is -4.87. The minimum Gasteiger partial charge on any atom is -0.348 e. The number of anilines is 1. The van der Waals surface area contributed by atoms with Crippen molar-refractivity contribution < 1.29 is 35.9 Å². The zero-order chi connectivity index (χ0) is 21.1. The second-order valence-corrected chi connectivity index (χ2v) is 5.66. The molecule has 4 nitrogen and oxygen atoms in total. The quantitative estimate of drug-likeness (QED) is 0.726. The van der Waals surface area contributed by atoms with Gasteiger partial charge in [-0.25, -0.2) is 13.2 Å². The van der Waals surface area contributed by atoms with E-state index < -0.39 is 64.4 Å². The summed E-state index contributed by atoms with van der Waals surface area (Å²) < 4.78 is 80.3. The van der Waals surface area contributed by atoms with E-state index >= 15 is 0 Å². The third-order valence-corrected chi connectivity index (χ3v) is 3.75. The lowest BCUT2D eigenvalue weighted by Crippen LogP contribution is -2.26. The summed E-state index contributed by atoms with van der Waals surface area (Å²) >= 11 is 0. The topological polar surface area (TPSA) is 58.2 Å². The van der Waals surface area contributed by atoms with Gasteiger partial charge >= 0.3 is 6.18 Å². The lowest BCUT2D eigenvalue weighted by molar-refractivity contribution is -0.138. The van der Waals surface area contributed by atoms with E-state index in [1.165, 1.54) is 6.92 Å². The van der Waals surface area contributed by atoms with E-state index in [4.69, 9.17) is 0 Å². The molecule has 0 aliphatic heterocycles. The van der Waals surface area contributed by atoms with Crippen molar-refractivity contribution >= 4 is 17.5 Å². The molecule has 0 spiro atoms. The van der Waals surface area contributed by atoms with Crippen molar-refractivity contribution in [3.63, 3.8) is 0 Å². The van der Waals surface area contributed by atoms with E-state index in [-0.39, 0.29) is 6.42 Å². The maximum absolute atomic E-state index is 13.9. The molecule has 0 unspecified atom stereocenters. The molecule has 0 bridgehead atoms. The third-order valence-electron chi connectivity index (χ3n) is 3.75. The Labute approximate surface area is 155 Å². The van der Waals surface area contributed by atoms with Crippen LogP contribution in [0.4, 0.5) is 32.0 Å². The molecule has 0 fully saturated rings. The van der Waals surface area contributed by atoms with Crippen molar-refractivity contribution in [3.05, 3.63) is 64.5 Å². The maximum atomic E-state index is 13.9. The van der Waals surface area contributed by atoms with E-state index in [1.807, 2.05) is 5.32 Å². The Hall–Kier alpha value is -3.04. The SMILES string of the molecule is CCC(=O)Nc1cc(C(=O)NCc2c(F)cccc2C(F)(F)F)c(F)cc1F. The summed E-state index contributed by atoms with van der Waals surface area (Å²) in [7, 11) is 0. The normalized spacial score (nSPS) is 11.2. The number of hydrogen-bond acceptors (Lipinski definition) is 2. The summed E-state index contributed by atoms with van der Waals surface area (Å²) in [5.41, 5.74) is -3.31. The Balaban J connectivity index is 2.27. The Kier molecular flexibility index (Phi) is 6.32. The zero-order valence-electron chi connectivity index (χ0n) is 14.4. The van der Waals surface area contributed by atoms with Crippen molar-refractivity contribution in [2.75, 3.05) is 5.32 Å². The van der Waals surface area contributed by atoms with Crippen LogP contribution in [0.15, 0.2) is 30.3 Å². The van der Waals surface area contributed by atoms with Crippen molar-refractivity contribution in [1.29, 1.82) is 0 Å². The van der Waals surface area contributed by atoms with E-state index in [0.29, 0.717) is 18.2 Å². The summed E-state index contributed by atoms with van der Waals surface area (Å²) in [6.45, 7) is 0.602. The fraction of sp³-hybridized carbons (Fsp3) is 0.222. The molecule has 2 aromatic rings. The van der Waals surface area contributed by atoms with Crippen LogP contribution in [-0.4, -0.2) is 11.8 Å². The highest BCUT2D eigenvalue weighted by molar-refractivity contribution is 5.97. The van der Waals surface area contributed by atoms with Crippen LogP contribution in [0.2, 0.25) is 0 Å². The van der Waals surface area contributed by atoms with Gasteiger partial charge < -0.3 is 10.6 Å². The van der Waals surface area contributed by atoms with Gasteiger partial charge in [0.25, 0.3) is 5.91 Å². The van der Waals surface area contributed by atoms with E-state index in [2.05, 4.69) is 5.32 Å². The summed E-state index contributed by atoms with van der Waals surface area (Å²) in [6, 6.07) is 3.35. The minimum absolute atomic E-state index is 0.00809. The number of rotatable bonds is 5. The second kappa shape index (κ2) is 8.32. The number of carbonyl (C=O) groups excluding carboxylic acids is 2. The van der Waals surface area contributed by atoms with E-state index in [1.54, 1.807) is 0 Å². The van der Waals surface area contributed by atoms with Gasteiger partial charge in [0, 0.05) is 24.6 Å². The van der Waals surface area contributed by atoms with Gasteiger partial charge in [0.2, 0.25) is 5.91 Å². The lowest BCUT2D eigenvalue weighted by Gasteiger charge is -2.15. The van der Waals surface area contributed by atoms with Gasteiger partial charge in [-0.15, -0.1) is 0 Å². The predicted octanol–water partition coefficient (Wildman–Crippen LogP) is 4.40. The first-order chi connectivity index (χ1) is 13.0. The van der Waals surface area contributed by atoms with Crippen LogP contribution >= 0.6 is 0 Å². The molecule has 2 aromatic carbocycles. The molecule has 10 heteroatoms. The van der Waals surface area contributed by atoms with Crippen molar-refractivity contribution in [3.8, 4) is 0 Å². The molecule has 0 heterocycles. The first-order valence-corrected chi connectivity index (χ1v) is 7.96. The molecule has 0 aliphatic rings. The van der Waals surface area contributed by atoms with Crippen LogP contribution in [0, 0.1) is 17.5 Å². The summed E-state index contributed by atoms with van der Waals surface area (Å²) in [4.78, 5) is 23.5. The van der Waals surface area contributed by atoms with Crippen LogP contribution in [0.1, 0.15) is 34.8 Å². The molecule has 0 aromatic heterocycles. The maximum Gasteiger partial charge on any atom is 0.416 e. The van der Waals surface area contributed by atoms with Crippen LogP contribution in [-0.2, 0) is 17.5 Å². The Morgan fingerprint density at radius 3 is 2.29 bits per heavy atom. The van der Waals surface area contributed by atoms with Crippen molar-refractivity contribution in [2.45, 2.75) is 26.1 Å². The zero-order valence-corrected chi connectivity index (χ0v) is 14.4. The molecule has 2 N–H and O–H groups in total. The second-order valence-electron chi connectivity index (χ2n) is 5.66. The minimum atomic E-state index is -4.86. The number of carbonyl (C=O) groups is 2. The van der Waals surface area contributed by atoms with Crippen LogP contribution in [0.3, 0.4) is 0 Å². The molecule has 0 radical (unpaired) electrons. The standard InChI is InChI=1S/C18H14F6N2O2/c1-2-16(27)26-15-6-9(13(20)7-14(15)21)17(28)25-8-10-11(18(22,23)24)4-3-5-12(10)19/h3-7H,2,8H2,1H3,(H,25,28)(H,26,27). The van der Waals surface area contributed by atoms with Crippen molar-refractivity contribution in [2.24, 2.45) is 0 Å². The highest BCUT2D eigenvalue weighted by atomic mass is 19.4. The molecular weight excluding hydrogens is 390 g/mol. The molecule has 150 valence electrons. The highest BCUT2D eigenvalue weighted by Gasteiger charge is 2.34. The van der Waals surface area contributed by atoms with Gasteiger partial charge in [0.15, 0.2) is 0 Å². The first kappa shape index (κ1) is 21.3. The monoisotopic (exact) mass is 404 g/mol. The Morgan fingerprint density at radius 1 is 1.00 bits per heavy atom. The van der Waals surface area contributed by atoms with Gasteiger partial charge in [0.1, 0.15) is 17.5 Å². The summed E-state index contributed by atoms with van der Waals surface area (Å²) in [5.74, 6) is -5.44. The smallest absolute Gasteiger partial charge is 0.348 e. The molecule has 2 rings (SSSR count). The van der Waals surface area contributed by atoms with Crippen LogP contribution < -0.4 is 10.6 Å². The van der Waals surface area contributed by atoms with Gasteiger partial charge in [0.05, 0.1) is 16.8 Å². The number of hydrogen-bond donors (Lipinski definition) is 2. The van der Waals surface area contributed by atoms with Gasteiger partial charge in [-0.05, 0) is 18.2 Å². The van der Waals surface area contributed by atoms with Crippen LogP contribution in [0.5, 0.6) is 0 Å².